The van der Waals surface area contributed by atoms with Crippen LogP contribution in [0.5, 0.6) is 0 Å². The Labute approximate surface area is 70.0 Å². The monoisotopic (exact) mass is 153 g/mol. The van der Waals surface area contributed by atoms with E-state index in [2.05, 4.69) is 13.8 Å². The molecule has 0 heterocycles. The lowest BCUT2D eigenvalue weighted by Gasteiger charge is -2.04. The van der Waals surface area contributed by atoms with Crippen molar-refractivity contribution in [1.82, 2.24) is 0 Å². The van der Waals surface area contributed by atoms with Gasteiger partial charge >= 0.3 is 0 Å². The van der Waals surface area contributed by atoms with E-state index in [9.17, 15) is 0 Å². The lowest BCUT2D eigenvalue weighted by molar-refractivity contribution is 0.784. The van der Waals surface area contributed by atoms with Crippen molar-refractivity contribution < 1.29 is 0 Å². The molecule has 0 aromatic heterocycles. The third-order valence-electron chi connectivity index (χ3n) is 2.11. The maximum atomic E-state index is 7.41. The van der Waals surface area contributed by atoms with Crippen LogP contribution in [0, 0.1) is 5.41 Å². The van der Waals surface area contributed by atoms with E-state index in [1.807, 2.05) is 13.8 Å². The lowest BCUT2D eigenvalue weighted by Crippen LogP contribution is -1.94. The summed E-state index contributed by atoms with van der Waals surface area (Å²) in [5.74, 6) is 0. The minimum Gasteiger partial charge on any atom is -0.305 e. The van der Waals surface area contributed by atoms with Crippen LogP contribution in [0.4, 0.5) is 0 Å². The van der Waals surface area contributed by atoms with Gasteiger partial charge in [0, 0.05) is 5.71 Å². The van der Waals surface area contributed by atoms with Gasteiger partial charge in [-0.2, -0.15) is 0 Å². The molecule has 1 nitrogen and oxygen atoms in total. The smallest absolute Gasteiger partial charge is 0.0311 e. The molecule has 0 unspecified atom stereocenters. The molecule has 11 heavy (non-hydrogen) atoms. The standard InChI is InChI=1S/C10H19N/c1-5-6-7-8(2)9(3)10(4)11/h11H,5-7H2,1-4H3. The van der Waals surface area contributed by atoms with Crippen molar-refractivity contribution >= 4 is 5.71 Å². The second-order valence-corrected chi connectivity index (χ2v) is 3.13. The van der Waals surface area contributed by atoms with Crippen molar-refractivity contribution in [2.24, 2.45) is 0 Å². The van der Waals surface area contributed by atoms with Crippen LogP contribution in [0.2, 0.25) is 0 Å². The number of nitrogens with one attached hydrogen (secondary N) is 1. The Bertz CT molecular complexity index is 166. The highest BCUT2D eigenvalue weighted by atomic mass is 14.4. The van der Waals surface area contributed by atoms with Gasteiger partial charge < -0.3 is 5.41 Å². The fraction of sp³-hybridized carbons (Fsp3) is 0.700. The molecule has 0 amide bonds. The summed E-state index contributed by atoms with van der Waals surface area (Å²) in [5.41, 5.74) is 3.25. The van der Waals surface area contributed by atoms with E-state index >= 15 is 0 Å². The molecule has 1 N–H and O–H groups in total. The molecule has 0 rings (SSSR count). The van der Waals surface area contributed by atoms with Gasteiger partial charge in [0.05, 0.1) is 0 Å². The zero-order valence-corrected chi connectivity index (χ0v) is 8.12. The van der Waals surface area contributed by atoms with Gasteiger partial charge in [-0.25, -0.2) is 0 Å². The zero-order chi connectivity index (χ0) is 8.85. The van der Waals surface area contributed by atoms with Gasteiger partial charge in [0.2, 0.25) is 0 Å². The van der Waals surface area contributed by atoms with E-state index in [4.69, 9.17) is 5.41 Å². The Morgan fingerprint density at radius 2 is 1.73 bits per heavy atom. The van der Waals surface area contributed by atoms with Gasteiger partial charge in [-0.3, -0.25) is 0 Å². The van der Waals surface area contributed by atoms with Gasteiger partial charge in [-0.15, -0.1) is 0 Å². The molecule has 0 spiro atoms. The van der Waals surface area contributed by atoms with E-state index < -0.39 is 0 Å². The molecule has 0 aliphatic carbocycles. The summed E-state index contributed by atoms with van der Waals surface area (Å²) in [6, 6.07) is 0. The van der Waals surface area contributed by atoms with E-state index in [1.54, 1.807) is 0 Å². The molecule has 0 aromatic carbocycles. The zero-order valence-electron chi connectivity index (χ0n) is 8.12. The van der Waals surface area contributed by atoms with Gasteiger partial charge in [-0.05, 0) is 39.2 Å². The number of unbranched alkanes of at least 4 members (excludes halogenated alkanes) is 1. The first-order chi connectivity index (χ1) is 5.09. The van der Waals surface area contributed by atoms with E-state index in [0.717, 1.165) is 6.42 Å². The molecular weight excluding hydrogens is 134 g/mol. The van der Waals surface area contributed by atoms with Gasteiger partial charge in [0.1, 0.15) is 0 Å². The van der Waals surface area contributed by atoms with Crippen LogP contribution in [-0.2, 0) is 0 Å². The van der Waals surface area contributed by atoms with Crippen molar-refractivity contribution in [3.63, 3.8) is 0 Å². The Morgan fingerprint density at radius 1 is 1.18 bits per heavy atom. The molecular formula is C10H19N. The SMILES string of the molecule is CCCCC(C)=C(C)C(C)=N. The minimum absolute atomic E-state index is 0.707. The van der Waals surface area contributed by atoms with E-state index in [0.29, 0.717) is 5.71 Å². The second kappa shape index (κ2) is 5.11. The Balaban J connectivity index is 4.05. The van der Waals surface area contributed by atoms with Crippen LogP contribution in [0.1, 0.15) is 47.0 Å². The number of rotatable bonds is 4. The molecule has 0 fully saturated rings. The summed E-state index contributed by atoms with van der Waals surface area (Å²) in [6.07, 6.45) is 3.64. The van der Waals surface area contributed by atoms with Crippen molar-refractivity contribution in [1.29, 1.82) is 5.41 Å². The Morgan fingerprint density at radius 3 is 2.09 bits per heavy atom. The van der Waals surface area contributed by atoms with Crippen molar-refractivity contribution in [3.8, 4) is 0 Å². The second-order valence-electron chi connectivity index (χ2n) is 3.13. The summed E-state index contributed by atoms with van der Waals surface area (Å²) < 4.78 is 0. The molecule has 0 atom stereocenters. The fourth-order valence-corrected chi connectivity index (χ4v) is 0.950. The molecule has 0 radical (unpaired) electrons. The third-order valence-corrected chi connectivity index (χ3v) is 2.11. The Kier molecular flexibility index (Phi) is 4.84. The maximum absolute atomic E-state index is 7.41. The fourth-order valence-electron chi connectivity index (χ4n) is 0.950. The van der Waals surface area contributed by atoms with Crippen LogP contribution < -0.4 is 0 Å². The highest BCUT2D eigenvalue weighted by Crippen LogP contribution is 2.12. The van der Waals surface area contributed by atoms with Gasteiger partial charge in [0.15, 0.2) is 0 Å². The Hall–Kier alpha value is -0.590. The van der Waals surface area contributed by atoms with Gasteiger partial charge in [-0.1, -0.05) is 18.9 Å². The maximum Gasteiger partial charge on any atom is 0.0311 e. The first-order valence-electron chi connectivity index (χ1n) is 4.31. The van der Waals surface area contributed by atoms with Crippen LogP contribution in [0.3, 0.4) is 0 Å². The predicted molar refractivity (Wildman–Crippen MR) is 51.3 cm³/mol. The van der Waals surface area contributed by atoms with Crippen LogP contribution in [-0.4, -0.2) is 5.71 Å². The lowest BCUT2D eigenvalue weighted by atomic mass is 10.0. The first kappa shape index (κ1) is 10.4. The number of hydrogen-bond donors (Lipinski definition) is 1. The van der Waals surface area contributed by atoms with E-state index in [1.165, 1.54) is 24.0 Å². The van der Waals surface area contributed by atoms with Crippen molar-refractivity contribution in [2.45, 2.75) is 47.0 Å². The first-order valence-corrected chi connectivity index (χ1v) is 4.31. The number of allylic oxidation sites excluding steroid dienone is 2. The third kappa shape index (κ3) is 3.97. The van der Waals surface area contributed by atoms with Crippen LogP contribution in [0.25, 0.3) is 0 Å². The summed E-state index contributed by atoms with van der Waals surface area (Å²) in [5, 5.41) is 7.41. The number of hydrogen-bond acceptors (Lipinski definition) is 1. The topological polar surface area (TPSA) is 23.9 Å². The van der Waals surface area contributed by atoms with Crippen molar-refractivity contribution in [2.75, 3.05) is 0 Å². The molecule has 0 bridgehead atoms. The van der Waals surface area contributed by atoms with E-state index in [-0.39, 0.29) is 0 Å². The largest absolute Gasteiger partial charge is 0.305 e. The predicted octanol–water partition coefficient (Wildman–Crippen LogP) is 3.55. The molecule has 0 saturated heterocycles. The minimum atomic E-state index is 0.707. The summed E-state index contributed by atoms with van der Waals surface area (Å²) in [4.78, 5) is 0. The molecule has 1 heteroatoms. The van der Waals surface area contributed by atoms with Crippen LogP contribution in [0.15, 0.2) is 11.1 Å². The van der Waals surface area contributed by atoms with Crippen molar-refractivity contribution in [3.05, 3.63) is 11.1 Å². The summed E-state index contributed by atoms with van der Waals surface area (Å²) in [6.45, 7) is 8.21. The molecule has 0 aromatic rings. The highest BCUT2D eigenvalue weighted by molar-refractivity contribution is 5.95. The molecule has 0 aliphatic rings. The average Bonchev–Trinajstić information content (AvgIpc) is 1.98. The molecule has 0 aliphatic heterocycles. The average molecular weight is 153 g/mol. The summed E-state index contributed by atoms with van der Waals surface area (Å²) >= 11 is 0. The quantitative estimate of drug-likeness (QED) is 0.597. The van der Waals surface area contributed by atoms with Crippen LogP contribution >= 0.6 is 0 Å². The molecule has 0 saturated carbocycles. The van der Waals surface area contributed by atoms with Gasteiger partial charge in [0.25, 0.3) is 0 Å². The molecule has 64 valence electrons. The highest BCUT2D eigenvalue weighted by Gasteiger charge is 1.97. The normalized spacial score (nSPS) is 12.7. The summed E-state index contributed by atoms with van der Waals surface area (Å²) in [7, 11) is 0.